The van der Waals surface area contributed by atoms with Crippen LogP contribution < -0.4 is 27.4 Å². The molecule has 4 saturated heterocycles. The molecule has 4 aromatic rings. The Kier molecular flexibility index (Phi) is 31.7. The molecule has 575 valence electrons. The van der Waals surface area contributed by atoms with E-state index in [0.29, 0.717) is 64.1 Å². The van der Waals surface area contributed by atoms with Gasteiger partial charge in [0.25, 0.3) is 0 Å². The predicted molar refractivity (Wildman–Crippen MR) is 424 cm³/mol. The van der Waals surface area contributed by atoms with Gasteiger partial charge in [-0.3, -0.25) is 0 Å². The molecule has 106 heavy (non-hydrogen) atoms. The molecule has 4 atom stereocenters. The maximum absolute atomic E-state index is 12.7. The van der Waals surface area contributed by atoms with Crippen LogP contribution in [0.2, 0.25) is 0 Å². The van der Waals surface area contributed by atoms with E-state index in [1.54, 1.807) is 9.80 Å². The number of nitrogens with zero attached hydrogens (tertiary/aromatic N) is 5. The van der Waals surface area contributed by atoms with Crippen molar-refractivity contribution in [3.8, 4) is 12.1 Å². The van der Waals surface area contributed by atoms with Crippen LogP contribution in [0.25, 0.3) is 0 Å². The quantitative estimate of drug-likeness (QED) is 0.0922. The normalized spacial score (nSPS) is 20.8. The number of ether oxygens (including phenoxy) is 5. The number of hydrogen-bond donors (Lipinski definition) is 5. The van der Waals surface area contributed by atoms with Crippen molar-refractivity contribution in [1.29, 1.82) is 11.9 Å². The Morgan fingerprint density at radius 1 is 0.462 bits per heavy atom. The number of nitrogens with two attached hydrogens (primary N) is 2. The second kappa shape index (κ2) is 36.8. The van der Waals surface area contributed by atoms with Gasteiger partial charge in [-0.25, -0.2) is 24.0 Å². The fourth-order valence-electron chi connectivity index (χ4n) is 16.1. The van der Waals surface area contributed by atoms with Crippen molar-refractivity contribution in [3.63, 3.8) is 0 Å². The minimum absolute atomic E-state index is 0. The summed E-state index contributed by atoms with van der Waals surface area (Å²) in [5.41, 5.74) is 21.0. The molecule has 4 aliphatic heterocycles. The summed E-state index contributed by atoms with van der Waals surface area (Å²) in [6, 6.07) is 28.3. The number of amides is 5. The number of nitriles is 2. The van der Waals surface area contributed by atoms with Crippen molar-refractivity contribution < 1.29 is 78.8 Å². The van der Waals surface area contributed by atoms with Crippen LogP contribution in [0.1, 0.15) is 235 Å². The van der Waals surface area contributed by atoms with Gasteiger partial charge >= 0.3 is 30.5 Å². The van der Waals surface area contributed by atoms with Crippen LogP contribution in [0.3, 0.4) is 0 Å². The summed E-state index contributed by atoms with van der Waals surface area (Å²) in [5.74, 6) is 0. The molecule has 8 aliphatic rings. The van der Waals surface area contributed by atoms with Gasteiger partial charge in [0.2, 0.25) is 0 Å². The number of piperidine rings is 4. The molecular weight excluding hydrogens is 1740 g/mol. The van der Waals surface area contributed by atoms with E-state index in [-0.39, 0.29) is 128 Å². The zero-order chi connectivity index (χ0) is 76.1. The molecule has 4 aliphatic carbocycles. The van der Waals surface area contributed by atoms with Gasteiger partial charge in [0.05, 0.1) is 35.3 Å². The van der Waals surface area contributed by atoms with E-state index < -0.39 is 40.2 Å². The number of nitrogens with one attached hydrogen (secondary N) is 3. The fourth-order valence-corrected chi connectivity index (χ4v) is 17.2. The van der Waals surface area contributed by atoms with Crippen molar-refractivity contribution in [2.75, 3.05) is 52.4 Å². The van der Waals surface area contributed by atoms with Crippen LogP contribution in [0.15, 0.2) is 81.7 Å². The first-order chi connectivity index (χ1) is 48.1. The van der Waals surface area contributed by atoms with E-state index in [0.717, 1.165) is 102 Å². The SMILES string of the molecule is CC(C)(C)OC(=O)N1CCC2(CC1)Cc1c(Br)cccc1C2N.CC(C)(C)OC(=O)NC1c2cccc(Br)c2CC12CCN(C(=O)OC(C)(C)C)CC2.CC(C)(C)OC(=O)NC1c2cccc(C#N)c2CC12CCN(C(=O)OC(C)(C)C)CC2.Cl.Cl.N#Cc1cccc2c1CC1(CCNCC1)C2N.[3H][B].[B].[U]. The Hall–Kier alpha value is -5.19. The third kappa shape index (κ3) is 22.3. The number of carbonyl (C=O) groups excluding carboxylic acids is 5. The summed E-state index contributed by atoms with van der Waals surface area (Å²) in [5, 5.41) is 28.4. The van der Waals surface area contributed by atoms with E-state index >= 15 is 0 Å². The van der Waals surface area contributed by atoms with Crippen molar-refractivity contribution >= 4 is 104 Å². The molecule has 4 aromatic carbocycles. The van der Waals surface area contributed by atoms with Crippen LogP contribution in [0, 0.1) is 75.4 Å². The number of carbonyl (C=O) groups is 5. The minimum atomic E-state index is -0.604. The van der Waals surface area contributed by atoms with Crippen molar-refractivity contribution in [2.45, 2.75) is 233 Å². The molecule has 4 heterocycles. The molecule has 4 spiro atoms. The number of halogens is 4. The molecule has 27 heteroatoms. The first-order valence-corrected chi connectivity index (χ1v) is 37.4. The Morgan fingerprint density at radius 2 is 0.726 bits per heavy atom. The second-order valence-corrected chi connectivity index (χ2v) is 35.7. The average Bonchev–Trinajstić information content (AvgIpc) is 1.61. The van der Waals surface area contributed by atoms with Gasteiger partial charge in [0.1, 0.15) is 28.0 Å². The topological polar surface area (TPSA) is 277 Å². The van der Waals surface area contributed by atoms with E-state index in [1.165, 1.54) is 27.8 Å². The molecule has 0 saturated carbocycles. The second-order valence-electron chi connectivity index (χ2n) is 34.0. The van der Waals surface area contributed by atoms with Crippen LogP contribution in [0.4, 0.5) is 24.0 Å². The smallest absolute Gasteiger partial charge is 0.410 e. The number of hydrogen-bond acceptors (Lipinski definition) is 15. The molecule has 7 N–H and O–H groups in total. The van der Waals surface area contributed by atoms with Crippen molar-refractivity contribution in [2.24, 2.45) is 33.1 Å². The summed E-state index contributed by atoms with van der Waals surface area (Å²) in [4.78, 5) is 67.9. The molecule has 4 fully saturated rings. The average molecular weight is 1850 g/mol. The molecule has 0 aromatic heterocycles. The molecule has 0 bridgehead atoms. The first kappa shape index (κ1) is 91.4. The van der Waals surface area contributed by atoms with Gasteiger partial charge < -0.3 is 65.8 Å². The summed E-state index contributed by atoms with van der Waals surface area (Å²) < 4.78 is 35.1. The van der Waals surface area contributed by atoms with Gasteiger partial charge in [-0.2, -0.15) is 10.5 Å². The fraction of sp³-hybridized carbons (Fsp3) is 0.608. The third-order valence-electron chi connectivity index (χ3n) is 21.1. The standard InChI is InChI=1S/C24H33N3O4.C23H33BrN2O4.C18H25BrN2O2.C14H17N3.BH.B.2ClH.U/c1-22(2,3)30-20(28)26-19-17-9-7-8-16(15-25)18(17)14-24(19)10-12-27(13-11-24)21(29)31-23(4,5)6;1-21(2,3)29-19(27)25-18-15-8-7-9-17(24)16(15)14-23(18)10-12-26(13-11-23)20(28)30-22(4,5)6;1-17(2,3)23-16(22)21-9-7-18(8-10-21)11-13-12(15(18)20)5-4-6-14(13)19;15-9-10-2-1-3-11-12(10)8-14(13(11)16)4-6-17-7-5-14;;;;;/h7-9,19H,10-14H2,1-6H3,(H,26,28);7-9,18H,10-14H2,1-6H3,(H,25,27);4-6,15H,7-11,20H2,1-3H3;1-3,13,17H,4-8,16H2;1H;;2*1H;/i;;;;1T;;;;. The van der Waals surface area contributed by atoms with E-state index in [4.69, 9.17) is 36.5 Å². The van der Waals surface area contributed by atoms with Crippen LogP contribution in [0.5, 0.6) is 0 Å². The molecule has 5 radical (unpaired) electrons. The van der Waals surface area contributed by atoms with Gasteiger partial charge in [0.15, 0.2) is 0 Å². The number of alkyl carbamates (subject to hydrolysis) is 2. The Balaban J connectivity index is 0.000000301. The van der Waals surface area contributed by atoms with Gasteiger partial charge in [-0.05, 0) is 275 Å². The zero-order valence-electron chi connectivity index (χ0n) is 65.6. The molecule has 5 amide bonds. The van der Waals surface area contributed by atoms with E-state index in [9.17, 15) is 34.5 Å². The maximum atomic E-state index is 12.7. The largest absolute Gasteiger partial charge is 0.444 e. The van der Waals surface area contributed by atoms with E-state index in [2.05, 4.69) is 98.7 Å². The third-order valence-corrected chi connectivity index (χ3v) is 22.6. The number of rotatable bonds is 2. The van der Waals surface area contributed by atoms with E-state index in [1.807, 2.05) is 151 Å². The van der Waals surface area contributed by atoms with Crippen LogP contribution in [-0.4, -0.2) is 144 Å². The zero-order valence-corrected chi connectivity index (χ0v) is 73.5. The monoisotopic (exact) mass is 1850 g/mol. The molecular formula is C79H111B2Br2Cl2N10O10U. The summed E-state index contributed by atoms with van der Waals surface area (Å²) in [6.07, 6.45) is 8.90. The Morgan fingerprint density at radius 3 is 1.07 bits per heavy atom. The number of likely N-dealkylation sites (tertiary alicyclic amines) is 3. The number of benzene rings is 4. The summed E-state index contributed by atoms with van der Waals surface area (Å²) in [7, 11) is 3.75. The van der Waals surface area contributed by atoms with Gasteiger partial charge in [-0.15, -0.1) is 24.8 Å². The Bertz CT molecular complexity index is 3830. The molecule has 12 rings (SSSR count). The summed E-state index contributed by atoms with van der Waals surface area (Å²) in [6.45, 7) is 33.8. The maximum Gasteiger partial charge on any atom is 0.410 e. The summed E-state index contributed by atoms with van der Waals surface area (Å²) >= 11 is 7.33. The van der Waals surface area contributed by atoms with Gasteiger partial charge in [0, 0.05) is 119 Å². The minimum Gasteiger partial charge on any atom is -0.444 e. The van der Waals surface area contributed by atoms with Gasteiger partial charge in [-0.1, -0.05) is 80.4 Å². The Labute approximate surface area is 687 Å². The molecule has 20 nitrogen and oxygen atoms in total. The van der Waals surface area contributed by atoms with Crippen molar-refractivity contribution in [3.05, 3.63) is 137 Å². The van der Waals surface area contributed by atoms with Crippen molar-refractivity contribution in [1.82, 2.24) is 30.7 Å². The first-order valence-electron chi connectivity index (χ1n) is 36.4. The van der Waals surface area contributed by atoms with Crippen LogP contribution in [-0.2, 0) is 49.4 Å². The number of fused-ring (bicyclic) bond motifs is 4. The predicted octanol–water partition coefficient (Wildman–Crippen LogP) is 15.6. The van der Waals surface area contributed by atoms with Crippen LogP contribution >= 0.6 is 56.7 Å². The molecule has 4 unspecified atom stereocenters.